The molecule has 0 radical (unpaired) electrons. The van der Waals surface area contributed by atoms with Gasteiger partial charge in [-0.3, -0.25) is 0 Å². The van der Waals surface area contributed by atoms with Gasteiger partial charge in [0.25, 0.3) is 0 Å². The number of nitrogens with zero attached hydrogens (tertiary/aromatic N) is 1. The SMILES string of the molecule is C=CCOC(=O)/C(C#N)=C\c1cccc(Cl)c1Cl. The standard InChI is InChI=1S/C13H9Cl2NO2/c1-2-6-18-13(17)10(8-16)7-9-4-3-5-11(14)12(9)15/h2-5,7H,1,6H2/b10-7-. The van der Waals surface area contributed by atoms with E-state index in [4.69, 9.17) is 33.2 Å². The third kappa shape index (κ3) is 3.63. The average molecular weight is 282 g/mol. The summed E-state index contributed by atoms with van der Waals surface area (Å²) < 4.78 is 4.76. The predicted octanol–water partition coefficient (Wildman–Crippen LogP) is 3.63. The molecule has 5 heteroatoms. The minimum atomic E-state index is -0.728. The Morgan fingerprint density at radius 2 is 2.22 bits per heavy atom. The van der Waals surface area contributed by atoms with Crippen LogP contribution in [0.3, 0.4) is 0 Å². The van der Waals surface area contributed by atoms with Gasteiger partial charge in [-0.1, -0.05) is 48.0 Å². The first-order valence-electron chi connectivity index (χ1n) is 4.94. The molecule has 1 rings (SSSR count). The lowest BCUT2D eigenvalue weighted by atomic mass is 10.1. The van der Waals surface area contributed by atoms with Crippen molar-refractivity contribution in [3.05, 3.63) is 52.0 Å². The molecule has 0 fully saturated rings. The summed E-state index contributed by atoms with van der Waals surface area (Å²) >= 11 is 11.8. The quantitative estimate of drug-likeness (QED) is 0.367. The third-order valence-electron chi connectivity index (χ3n) is 1.95. The lowest BCUT2D eigenvalue weighted by molar-refractivity contribution is -0.137. The minimum absolute atomic E-state index is 0.0428. The maximum absolute atomic E-state index is 11.5. The van der Waals surface area contributed by atoms with E-state index in [9.17, 15) is 4.79 Å². The Bertz CT molecular complexity index is 544. The molecule has 92 valence electrons. The number of carbonyl (C=O) groups is 1. The predicted molar refractivity (Wildman–Crippen MR) is 71.2 cm³/mol. The van der Waals surface area contributed by atoms with E-state index in [0.29, 0.717) is 10.6 Å². The van der Waals surface area contributed by atoms with Gasteiger partial charge in [0.15, 0.2) is 0 Å². The second-order valence-corrected chi connectivity index (χ2v) is 3.99. The molecule has 0 atom stereocenters. The van der Waals surface area contributed by atoms with E-state index < -0.39 is 5.97 Å². The van der Waals surface area contributed by atoms with Gasteiger partial charge in [0.1, 0.15) is 18.2 Å². The van der Waals surface area contributed by atoms with E-state index in [1.807, 2.05) is 0 Å². The van der Waals surface area contributed by atoms with E-state index in [-0.39, 0.29) is 17.2 Å². The van der Waals surface area contributed by atoms with Crippen LogP contribution < -0.4 is 0 Å². The van der Waals surface area contributed by atoms with Crippen LogP contribution in [0.2, 0.25) is 10.0 Å². The molecule has 0 saturated heterocycles. The largest absolute Gasteiger partial charge is 0.457 e. The Kier molecular flexibility index (Phi) is 5.44. The molecule has 0 N–H and O–H groups in total. The van der Waals surface area contributed by atoms with Gasteiger partial charge in [-0.05, 0) is 17.7 Å². The molecular formula is C13H9Cl2NO2. The molecular weight excluding hydrogens is 273 g/mol. The van der Waals surface area contributed by atoms with Crippen molar-refractivity contribution in [2.75, 3.05) is 6.61 Å². The molecule has 1 aromatic carbocycles. The van der Waals surface area contributed by atoms with E-state index in [1.165, 1.54) is 12.2 Å². The Balaban J connectivity index is 3.05. The van der Waals surface area contributed by atoms with E-state index in [0.717, 1.165) is 0 Å². The molecule has 0 amide bonds. The van der Waals surface area contributed by atoms with E-state index in [2.05, 4.69) is 6.58 Å². The lowest BCUT2D eigenvalue weighted by Crippen LogP contribution is -2.06. The maximum atomic E-state index is 11.5. The first-order valence-corrected chi connectivity index (χ1v) is 5.69. The second kappa shape index (κ2) is 6.85. The van der Waals surface area contributed by atoms with Crippen LogP contribution in [-0.2, 0) is 9.53 Å². The fourth-order valence-corrected chi connectivity index (χ4v) is 1.50. The van der Waals surface area contributed by atoms with Crippen molar-refractivity contribution >= 4 is 35.2 Å². The van der Waals surface area contributed by atoms with E-state index in [1.54, 1.807) is 24.3 Å². The second-order valence-electron chi connectivity index (χ2n) is 3.20. The van der Waals surface area contributed by atoms with Crippen LogP contribution in [-0.4, -0.2) is 12.6 Å². The van der Waals surface area contributed by atoms with Gasteiger partial charge in [-0.25, -0.2) is 4.79 Å². The van der Waals surface area contributed by atoms with Crippen LogP contribution in [0.5, 0.6) is 0 Å². The van der Waals surface area contributed by atoms with Crippen LogP contribution in [0, 0.1) is 11.3 Å². The Labute approximate surface area is 115 Å². The van der Waals surface area contributed by atoms with Crippen LogP contribution in [0.4, 0.5) is 0 Å². The van der Waals surface area contributed by atoms with Crippen molar-refractivity contribution in [1.29, 1.82) is 5.26 Å². The molecule has 0 heterocycles. The lowest BCUT2D eigenvalue weighted by Gasteiger charge is -2.02. The van der Waals surface area contributed by atoms with Gasteiger partial charge in [0.2, 0.25) is 0 Å². The summed E-state index contributed by atoms with van der Waals surface area (Å²) in [7, 11) is 0. The highest BCUT2D eigenvalue weighted by Gasteiger charge is 2.11. The molecule has 18 heavy (non-hydrogen) atoms. The van der Waals surface area contributed by atoms with Crippen LogP contribution >= 0.6 is 23.2 Å². The minimum Gasteiger partial charge on any atom is -0.457 e. The molecule has 0 bridgehead atoms. The monoisotopic (exact) mass is 281 g/mol. The van der Waals surface area contributed by atoms with Crippen molar-refractivity contribution in [1.82, 2.24) is 0 Å². The summed E-state index contributed by atoms with van der Waals surface area (Å²) in [6.45, 7) is 3.45. The van der Waals surface area contributed by atoms with Crippen LogP contribution in [0.1, 0.15) is 5.56 Å². The number of rotatable bonds is 4. The smallest absolute Gasteiger partial charge is 0.349 e. The Hall–Kier alpha value is -1.76. The summed E-state index contributed by atoms with van der Waals surface area (Å²) in [6.07, 6.45) is 2.75. The molecule has 0 aliphatic heterocycles. The molecule has 0 saturated carbocycles. The molecule has 0 aromatic heterocycles. The zero-order chi connectivity index (χ0) is 13.5. The fourth-order valence-electron chi connectivity index (χ4n) is 1.14. The Morgan fingerprint density at radius 1 is 1.50 bits per heavy atom. The zero-order valence-electron chi connectivity index (χ0n) is 9.32. The van der Waals surface area contributed by atoms with Crippen LogP contribution in [0.15, 0.2) is 36.4 Å². The summed E-state index contributed by atoms with van der Waals surface area (Å²) in [5, 5.41) is 9.53. The summed E-state index contributed by atoms with van der Waals surface area (Å²) in [6, 6.07) is 6.69. The van der Waals surface area contributed by atoms with Crippen molar-refractivity contribution in [3.8, 4) is 6.07 Å². The van der Waals surface area contributed by atoms with Crippen molar-refractivity contribution in [2.24, 2.45) is 0 Å². The summed E-state index contributed by atoms with van der Waals surface area (Å²) in [5.74, 6) is -0.728. The average Bonchev–Trinajstić information content (AvgIpc) is 2.37. The van der Waals surface area contributed by atoms with E-state index >= 15 is 0 Å². The number of hydrogen-bond donors (Lipinski definition) is 0. The van der Waals surface area contributed by atoms with Gasteiger partial charge in [0.05, 0.1) is 10.0 Å². The molecule has 0 aliphatic carbocycles. The number of halogens is 2. The Morgan fingerprint density at radius 3 is 2.83 bits per heavy atom. The van der Waals surface area contributed by atoms with Crippen LogP contribution in [0.25, 0.3) is 6.08 Å². The highest BCUT2D eigenvalue weighted by atomic mass is 35.5. The first kappa shape index (κ1) is 14.3. The zero-order valence-corrected chi connectivity index (χ0v) is 10.8. The molecule has 0 spiro atoms. The van der Waals surface area contributed by atoms with Crippen molar-refractivity contribution in [2.45, 2.75) is 0 Å². The van der Waals surface area contributed by atoms with Gasteiger partial charge in [0, 0.05) is 0 Å². The number of ether oxygens (including phenoxy) is 1. The highest BCUT2D eigenvalue weighted by Crippen LogP contribution is 2.27. The number of benzene rings is 1. The highest BCUT2D eigenvalue weighted by molar-refractivity contribution is 6.42. The molecule has 1 aromatic rings. The summed E-state index contributed by atoms with van der Waals surface area (Å²) in [5.41, 5.74) is 0.331. The molecule has 3 nitrogen and oxygen atoms in total. The van der Waals surface area contributed by atoms with Crippen molar-refractivity contribution < 1.29 is 9.53 Å². The molecule has 0 unspecified atom stereocenters. The molecule has 0 aliphatic rings. The fraction of sp³-hybridized carbons (Fsp3) is 0.0769. The van der Waals surface area contributed by atoms with Gasteiger partial charge in [-0.15, -0.1) is 0 Å². The van der Waals surface area contributed by atoms with Crippen molar-refractivity contribution in [3.63, 3.8) is 0 Å². The van der Waals surface area contributed by atoms with Gasteiger partial charge >= 0.3 is 5.97 Å². The van der Waals surface area contributed by atoms with Gasteiger partial charge < -0.3 is 4.74 Å². The number of hydrogen-bond acceptors (Lipinski definition) is 3. The topological polar surface area (TPSA) is 50.1 Å². The number of carbonyl (C=O) groups excluding carboxylic acids is 1. The third-order valence-corrected chi connectivity index (χ3v) is 2.79. The number of nitriles is 1. The first-order chi connectivity index (χ1) is 8.60. The van der Waals surface area contributed by atoms with Gasteiger partial charge in [-0.2, -0.15) is 5.26 Å². The number of esters is 1. The summed E-state index contributed by atoms with van der Waals surface area (Å²) in [4.78, 5) is 11.5. The maximum Gasteiger partial charge on any atom is 0.349 e. The normalized spacial score (nSPS) is 10.6.